The number of anilines is 1. The van der Waals surface area contributed by atoms with Crippen LogP contribution in [-0.4, -0.2) is 43.4 Å². The summed E-state index contributed by atoms with van der Waals surface area (Å²) in [5, 5.41) is 3.89. The Hall–Kier alpha value is -2.67. The van der Waals surface area contributed by atoms with Gasteiger partial charge in [0.25, 0.3) is 5.91 Å². The number of nitrogens with one attached hydrogen (secondary N) is 1. The molecule has 0 radical (unpaired) electrons. The van der Waals surface area contributed by atoms with Crippen LogP contribution in [0.2, 0.25) is 0 Å². The summed E-state index contributed by atoms with van der Waals surface area (Å²) in [5.41, 5.74) is 2.89. The summed E-state index contributed by atoms with van der Waals surface area (Å²) in [4.78, 5) is 17.8. The fourth-order valence-electron chi connectivity index (χ4n) is 2.08. The van der Waals surface area contributed by atoms with Gasteiger partial charge in [-0.25, -0.2) is 5.43 Å². The SMILES string of the molecule is O=C(N/N=C\c1ccc(N2CCOCC2)o1)c1cccnc1. The van der Waals surface area contributed by atoms with E-state index < -0.39 is 0 Å². The van der Waals surface area contributed by atoms with E-state index in [1.54, 1.807) is 18.3 Å². The van der Waals surface area contributed by atoms with E-state index in [0.717, 1.165) is 19.0 Å². The lowest BCUT2D eigenvalue weighted by Gasteiger charge is -2.26. The van der Waals surface area contributed by atoms with Crippen LogP contribution in [0.1, 0.15) is 16.1 Å². The largest absolute Gasteiger partial charge is 0.440 e. The predicted molar refractivity (Wildman–Crippen MR) is 81.0 cm³/mol. The molecule has 1 aliphatic heterocycles. The molecule has 2 aromatic heterocycles. The summed E-state index contributed by atoms with van der Waals surface area (Å²) < 4.78 is 11.0. The van der Waals surface area contributed by atoms with E-state index in [1.807, 2.05) is 12.1 Å². The molecule has 0 spiro atoms. The molecule has 3 rings (SSSR count). The Bertz CT molecular complexity index is 648. The van der Waals surface area contributed by atoms with Crippen molar-refractivity contribution in [1.82, 2.24) is 10.4 Å². The molecule has 1 amide bonds. The van der Waals surface area contributed by atoms with E-state index >= 15 is 0 Å². The minimum Gasteiger partial charge on any atom is -0.440 e. The second kappa shape index (κ2) is 6.86. The summed E-state index contributed by atoms with van der Waals surface area (Å²) in [7, 11) is 0. The lowest BCUT2D eigenvalue weighted by Crippen LogP contribution is -2.35. The molecule has 0 aromatic carbocycles. The van der Waals surface area contributed by atoms with E-state index in [0.29, 0.717) is 24.5 Å². The highest BCUT2D eigenvalue weighted by Gasteiger charge is 2.14. The Morgan fingerprint density at radius 3 is 2.95 bits per heavy atom. The standard InChI is InChI=1S/C15H16N4O3/c20-15(12-2-1-5-16-10-12)18-17-11-13-3-4-14(22-13)19-6-8-21-9-7-19/h1-5,10-11H,6-9H2,(H,18,20)/b17-11-. The number of pyridine rings is 1. The summed E-state index contributed by atoms with van der Waals surface area (Å²) >= 11 is 0. The normalized spacial score (nSPS) is 15.2. The number of hydrogen-bond acceptors (Lipinski definition) is 6. The molecule has 7 nitrogen and oxygen atoms in total. The van der Waals surface area contributed by atoms with Crippen molar-refractivity contribution in [1.29, 1.82) is 0 Å². The van der Waals surface area contributed by atoms with Crippen LogP contribution < -0.4 is 10.3 Å². The fourth-order valence-corrected chi connectivity index (χ4v) is 2.08. The van der Waals surface area contributed by atoms with Crippen LogP contribution in [0.25, 0.3) is 0 Å². The molecule has 1 aliphatic rings. The van der Waals surface area contributed by atoms with Gasteiger partial charge in [-0.1, -0.05) is 0 Å². The van der Waals surface area contributed by atoms with Crippen molar-refractivity contribution in [3.8, 4) is 0 Å². The molecular formula is C15H16N4O3. The quantitative estimate of drug-likeness (QED) is 0.679. The van der Waals surface area contributed by atoms with Gasteiger partial charge in [0.05, 0.1) is 25.0 Å². The van der Waals surface area contributed by atoms with Crippen LogP contribution in [0.4, 0.5) is 5.88 Å². The molecule has 2 aromatic rings. The van der Waals surface area contributed by atoms with Crippen molar-refractivity contribution >= 4 is 18.0 Å². The van der Waals surface area contributed by atoms with Gasteiger partial charge in [0.15, 0.2) is 5.88 Å². The third-order valence-electron chi connectivity index (χ3n) is 3.22. The van der Waals surface area contributed by atoms with Crippen molar-refractivity contribution in [3.05, 3.63) is 48.0 Å². The highest BCUT2D eigenvalue weighted by molar-refractivity contribution is 5.94. The zero-order valence-electron chi connectivity index (χ0n) is 11.9. The Labute approximate surface area is 127 Å². The van der Waals surface area contributed by atoms with Gasteiger partial charge < -0.3 is 14.1 Å². The minimum absolute atomic E-state index is 0.315. The summed E-state index contributed by atoms with van der Waals surface area (Å²) in [6.07, 6.45) is 4.56. The van der Waals surface area contributed by atoms with Gasteiger partial charge in [0, 0.05) is 31.5 Å². The van der Waals surface area contributed by atoms with Crippen LogP contribution in [0.3, 0.4) is 0 Å². The average Bonchev–Trinajstić information content (AvgIpc) is 3.05. The van der Waals surface area contributed by atoms with Gasteiger partial charge in [0.1, 0.15) is 5.76 Å². The van der Waals surface area contributed by atoms with E-state index in [-0.39, 0.29) is 5.91 Å². The Kier molecular flexibility index (Phi) is 4.45. The number of ether oxygens (including phenoxy) is 1. The monoisotopic (exact) mass is 300 g/mol. The first kappa shape index (κ1) is 14.3. The summed E-state index contributed by atoms with van der Waals surface area (Å²) in [6, 6.07) is 7.06. The minimum atomic E-state index is -0.315. The molecule has 114 valence electrons. The number of hydrogen-bond donors (Lipinski definition) is 1. The van der Waals surface area contributed by atoms with Crippen molar-refractivity contribution in [2.24, 2.45) is 5.10 Å². The average molecular weight is 300 g/mol. The molecule has 7 heteroatoms. The fraction of sp³-hybridized carbons (Fsp3) is 0.267. The maximum atomic E-state index is 11.8. The van der Waals surface area contributed by atoms with Gasteiger partial charge in [-0.2, -0.15) is 5.10 Å². The van der Waals surface area contributed by atoms with Crippen molar-refractivity contribution in [3.63, 3.8) is 0 Å². The number of amides is 1. The van der Waals surface area contributed by atoms with Crippen molar-refractivity contribution in [2.75, 3.05) is 31.2 Å². The third-order valence-corrected chi connectivity index (χ3v) is 3.22. The molecule has 1 saturated heterocycles. The Morgan fingerprint density at radius 1 is 1.32 bits per heavy atom. The molecule has 0 aliphatic carbocycles. The van der Waals surface area contributed by atoms with Gasteiger partial charge in [-0.05, 0) is 18.2 Å². The molecule has 3 heterocycles. The lowest BCUT2D eigenvalue weighted by atomic mass is 10.3. The van der Waals surface area contributed by atoms with Crippen LogP contribution in [0.15, 0.2) is 46.2 Å². The zero-order chi connectivity index (χ0) is 15.2. The second-order valence-electron chi connectivity index (χ2n) is 4.72. The van der Waals surface area contributed by atoms with E-state index in [1.165, 1.54) is 12.4 Å². The number of furan rings is 1. The highest BCUT2D eigenvalue weighted by atomic mass is 16.5. The maximum absolute atomic E-state index is 11.8. The maximum Gasteiger partial charge on any atom is 0.272 e. The number of rotatable bonds is 4. The zero-order valence-corrected chi connectivity index (χ0v) is 11.9. The van der Waals surface area contributed by atoms with E-state index in [4.69, 9.17) is 9.15 Å². The van der Waals surface area contributed by atoms with Crippen LogP contribution in [-0.2, 0) is 4.74 Å². The molecule has 0 atom stereocenters. The third kappa shape index (κ3) is 3.50. The molecule has 0 saturated carbocycles. The number of carbonyl (C=O) groups excluding carboxylic acids is 1. The van der Waals surface area contributed by atoms with Crippen molar-refractivity contribution < 1.29 is 13.9 Å². The molecule has 22 heavy (non-hydrogen) atoms. The Balaban J connectivity index is 1.57. The summed E-state index contributed by atoms with van der Waals surface area (Å²) in [6.45, 7) is 3.01. The molecule has 1 fully saturated rings. The number of carbonyl (C=O) groups is 1. The number of aromatic nitrogens is 1. The molecule has 1 N–H and O–H groups in total. The smallest absolute Gasteiger partial charge is 0.272 e. The van der Waals surface area contributed by atoms with Crippen LogP contribution in [0.5, 0.6) is 0 Å². The first-order valence-corrected chi connectivity index (χ1v) is 6.99. The first-order valence-electron chi connectivity index (χ1n) is 6.99. The molecule has 0 bridgehead atoms. The molecule has 0 unspecified atom stereocenters. The predicted octanol–water partition coefficient (Wildman–Crippen LogP) is 1.28. The Morgan fingerprint density at radius 2 is 2.18 bits per heavy atom. The van der Waals surface area contributed by atoms with Gasteiger partial charge >= 0.3 is 0 Å². The molecular weight excluding hydrogens is 284 g/mol. The van der Waals surface area contributed by atoms with E-state index in [2.05, 4.69) is 20.4 Å². The van der Waals surface area contributed by atoms with Gasteiger partial charge in [0.2, 0.25) is 0 Å². The van der Waals surface area contributed by atoms with E-state index in [9.17, 15) is 4.79 Å². The van der Waals surface area contributed by atoms with Crippen molar-refractivity contribution in [2.45, 2.75) is 0 Å². The second-order valence-corrected chi connectivity index (χ2v) is 4.72. The first-order chi connectivity index (χ1) is 10.8. The number of morpholine rings is 1. The van der Waals surface area contributed by atoms with Crippen LogP contribution in [0, 0.1) is 0 Å². The lowest BCUT2D eigenvalue weighted by molar-refractivity contribution is 0.0954. The highest BCUT2D eigenvalue weighted by Crippen LogP contribution is 2.18. The van der Waals surface area contributed by atoms with Gasteiger partial charge in [-0.3, -0.25) is 9.78 Å². The summed E-state index contributed by atoms with van der Waals surface area (Å²) in [5.74, 6) is 1.04. The number of hydrazone groups is 1. The van der Waals surface area contributed by atoms with Gasteiger partial charge in [-0.15, -0.1) is 0 Å². The van der Waals surface area contributed by atoms with Crippen LogP contribution >= 0.6 is 0 Å². The number of nitrogens with zero attached hydrogens (tertiary/aromatic N) is 3. The topological polar surface area (TPSA) is 80.0 Å².